The van der Waals surface area contributed by atoms with Crippen molar-refractivity contribution in [2.45, 2.75) is 6.92 Å². The Bertz CT molecular complexity index is 764. The fourth-order valence-corrected chi connectivity index (χ4v) is 2.13. The average Bonchev–Trinajstić information content (AvgIpc) is 2.43. The van der Waals surface area contributed by atoms with Gasteiger partial charge < -0.3 is 11.1 Å². The van der Waals surface area contributed by atoms with E-state index in [1.807, 2.05) is 37.3 Å². The van der Waals surface area contributed by atoms with Gasteiger partial charge in [0.05, 0.1) is 11.2 Å². The number of para-hydroxylation sites is 1. The van der Waals surface area contributed by atoms with Crippen LogP contribution >= 0.6 is 0 Å². The highest BCUT2D eigenvalue weighted by Gasteiger charge is 2.06. The molecular weight excluding hydrogens is 253 g/mol. The van der Waals surface area contributed by atoms with Crippen LogP contribution in [0.15, 0.2) is 48.5 Å². The molecular formula is C16H14FN3. The molecule has 3 aromatic rings. The highest BCUT2D eigenvalue weighted by atomic mass is 19.1. The molecule has 0 amide bonds. The number of rotatable bonds is 2. The van der Waals surface area contributed by atoms with Gasteiger partial charge in [-0.15, -0.1) is 0 Å². The standard InChI is InChI=1S/C16H14FN3/c1-10-3-2-4-13(17)16(10)20-15-8-5-11-9-12(18)6-7-14(11)19-15/h2-9H,18H2,1H3,(H,19,20). The van der Waals surface area contributed by atoms with Crippen LogP contribution in [0.3, 0.4) is 0 Å². The first-order valence-electron chi connectivity index (χ1n) is 6.32. The van der Waals surface area contributed by atoms with Crippen molar-refractivity contribution in [3.05, 3.63) is 59.9 Å². The summed E-state index contributed by atoms with van der Waals surface area (Å²) in [5.74, 6) is 0.319. The number of halogens is 1. The monoisotopic (exact) mass is 267 g/mol. The number of nitrogens with one attached hydrogen (secondary N) is 1. The summed E-state index contributed by atoms with van der Waals surface area (Å²) in [7, 11) is 0. The molecule has 0 atom stereocenters. The lowest BCUT2D eigenvalue weighted by molar-refractivity contribution is 0.631. The first kappa shape index (κ1) is 12.4. The number of nitrogen functional groups attached to an aromatic ring is 1. The Morgan fingerprint density at radius 1 is 1.10 bits per heavy atom. The van der Waals surface area contributed by atoms with E-state index >= 15 is 0 Å². The van der Waals surface area contributed by atoms with Crippen molar-refractivity contribution in [2.24, 2.45) is 0 Å². The van der Waals surface area contributed by atoms with E-state index in [9.17, 15) is 4.39 Å². The third-order valence-electron chi connectivity index (χ3n) is 3.19. The van der Waals surface area contributed by atoms with E-state index in [0.717, 1.165) is 16.5 Å². The minimum Gasteiger partial charge on any atom is -0.399 e. The second-order valence-electron chi connectivity index (χ2n) is 4.71. The quantitative estimate of drug-likeness (QED) is 0.690. The zero-order valence-electron chi connectivity index (χ0n) is 11.0. The zero-order chi connectivity index (χ0) is 14.1. The lowest BCUT2D eigenvalue weighted by Gasteiger charge is -2.10. The molecule has 0 saturated carbocycles. The maximum Gasteiger partial charge on any atom is 0.146 e. The van der Waals surface area contributed by atoms with Crippen molar-refractivity contribution in [3.8, 4) is 0 Å². The van der Waals surface area contributed by atoms with Crippen LogP contribution in [0.1, 0.15) is 5.56 Å². The number of nitrogens with two attached hydrogens (primary N) is 1. The van der Waals surface area contributed by atoms with Gasteiger partial charge in [0.25, 0.3) is 0 Å². The molecule has 3 N–H and O–H groups in total. The Labute approximate surface area is 116 Å². The second kappa shape index (κ2) is 4.81. The predicted molar refractivity (Wildman–Crippen MR) is 80.6 cm³/mol. The van der Waals surface area contributed by atoms with Crippen LogP contribution in [0.2, 0.25) is 0 Å². The van der Waals surface area contributed by atoms with Gasteiger partial charge in [0, 0.05) is 11.1 Å². The summed E-state index contributed by atoms with van der Waals surface area (Å²) in [4.78, 5) is 4.46. The van der Waals surface area contributed by atoms with Crippen LogP contribution in [0.25, 0.3) is 10.9 Å². The number of aryl methyl sites for hydroxylation is 1. The Hall–Kier alpha value is -2.62. The summed E-state index contributed by atoms with van der Waals surface area (Å²) in [6, 6.07) is 14.2. The normalized spacial score (nSPS) is 10.7. The van der Waals surface area contributed by atoms with Crippen molar-refractivity contribution in [3.63, 3.8) is 0 Å². The smallest absolute Gasteiger partial charge is 0.146 e. The van der Waals surface area contributed by atoms with Gasteiger partial charge in [-0.2, -0.15) is 0 Å². The van der Waals surface area contributed by atoms with Crippen molar-refractivity contribution < 1.29 is 4.39 Å². The molecule has 4 heteroatoms. The molecule has 0 aliphatic carbocycles. The third kappa shape index (κ3) is 2.28. The lowest BCUT2D eigenvalue weighted by Crippen LogP contribution is -1.98. The topological polar surface area (TPSA) is 50.9 Å². The van der Waals surface area contributed by atoms with Crippen LogP contribution < -0.4 is 11.1 Å². The maximum absolute atomic E-state index is 13.8. The van der Waals surface area contributed by atoms with Crippen molar-refractivity contribution in [1.82, 2.24) is 4.98 Å². The summed E-state index contributed by atoms with van der Waals surface area (Å²) in [6.45, 7) is 1.85. The number of fused-ring (bicyclic) bond motifs is 1. The maximum atomic E-state index is 13.8. The molecule has 0 aliphatic heterocycles. The zero-order valence-corrected chi connectivity index (χ0v) is 11.0. The minimum absolute atomic E-state index is 0.288. The SMILES string of the molecule is Cc1cccc(F)c1Nc1ccc2cc(N)ccc2n1. The molecule has 1 aromatic heterocycles. The molecule has 0 bridgehead atoms. The van der Waals surface area contributed by atoms with Crippen molar-refractivity contribution >= 4 is 28.1 Å². The molecule has 0 unspecified atom stereocenters. The number of hydrogen-bond donors (Lipinski definition) is 2. The molecule has 3 rings (SSSR count). The van der Waals surface area contributed by atoms with Crippen LogP contribution in [0.5, 0.6) is 0 Å². The van der Waals surface area contributed by atoms with Crippen molar-refractivity contribution in [1.29, 1.82) is 0 Å². The Balaban J connectivity index is 2.01. The van der Waals surface area contributed by atoms with E-state index in [1.54, 1.807) is 12.1 Å². The van der Waals surface area contributed by atoms with Gasteiger partial charge in [-0.1, -0.05) is 12.1 Å². The predicted octanol–water partition coefficient (Wildman–Crippen LogP) is 4.01. The summed E-state index contributed by atoms with van der Waals surface area (Å²) in [5.41, 5.74) is 8.54. The average molecular weight is 267 g/mol. The first-order valence-corrected chi connectivity index (χ1v) is 6.32. The third-order valence-corrected chi connectivity index (χ3v) is 3.19. The molecule has 20 heavy (non-hydrogen) atoms. The minimum atomic E-state index is -0.288. The summed E-state index contributed by atoms with van der Waals surface area (Å²) in [5, 5.41) is 3.99. The summed E-state index contributed by atoms with van der Waals surface area (Å²) in [6.07, 6.45) is 0. The largest absolute Gasteiger partial charge is 0.399 e. The van der Waals surface area contributed by atoms with E-state index < -0.39 is 0 Å². The summed E-state index contributed by atoms with van der Waals surface area (Å²) < 4.78 is 13.8. The molecule has 0 radical (unpaired) electrons. The highest BCUT2D eigenvalue weighted by Crippen LogP contribution is 2.24. The molecule has 0 spiro atoms. The first-order chi connectivity index (χ1) is 9.63. The molecule has 100 valence electrons. The van der Waals surface area contributed by atoms with Gasteiger partial charge in [0.1, 0.15) is 11.6 Å². The Morgan fingerprint density at radius 2 is 1.95 bits per heavy atom. The molecule has 2 aromatic carbocycles. The summed E-state index contributed by atoms with van der Waals surface area (Å²) >= 11 is 0. The van der Waals surface area contributed by atoms with E-state index in [4.69, 9.17) is 5.73 Å². The van der Waals surface area contributed by atoms with Crippen LogP contribution in [0.4, 0.5) is 21.6 Å². The van der Waals surface area contributed by atoms with E-state index in [2.05, 4.69) is 10.3 Å². The molecule has 1 heterocycles. The fourth-order valence-electron chi connectivity index (χ4n) is 2.13. The van der Waals surface area contributed by atoms with E-state index in [1.165, 1.54) is 6.07 Å². The Kier molecular flexibility index (Phi) is 2.99. The van der Waals surface area contributed by atoms with Crippen LogP contribution in [-0.2, 0) is 0 Å². The number of hydrogen-bond acceptors (Lipinski definition) is 3. The highest BCUT2D eigenvalue weighted by molar-refractivity contribution is 5.83. The van der Waals surface area contributed by atoms with Gasteiger partial charge in [-0.05, 0) is 48.9 Å². The molecule has 0 fully saturated rings. The van der Waals surface area contributed by atoms with Crippen LogP contribution in [0, 0.1) is 12.7 Å². The number of aromatic nitrogens is 1. The van der Waals surface area contributed by atoms with Crippen molar-refractivity contribution in [2.75, 3.05) is 11.1 Å². The van der Waals surface area contributed by atoms with Gasteiger partial charge in [-0.25, -0.2) is 9.37 Å². The fraction of sp³-hybridized carbons (Fsp3) is 0.0625. The van der Waals surface area contributed by atoms with Crippen LogP contribution in [-0.4, -0.2) is 4.98 Å². The van der Waals surface area contributed by atoms with Gasteiger partial charge in [0.2, 0.25) is 0 Å². The number of anilines is 3. The van der Waals surface area contributed by atoms with E-state index in [0.29, 0.717) is 17.2 Å². The number of nitrogens with zero attached hydrogens (tertiary/aromatic N) is 1. The van der Waals surface area contributed by atoms with Gasteiger partial charge in [0.15, 0.2) is 0 Å². The molecule has 0 saturated heterocycles. The molecule has 3 nitrogen and oxygen atoms in total. The Morgan fingerprint density at radius 3 is 2.75 bits per heavy atom. The second-order valence-corrected chi connectivity index (χ2v) is 4.71. The lowest BCUT2D eigenvalue weighted by atomic mass is 10.2. The number of pyridine rings is 1. The molecule has 0 aliphatic rings. The van der Waals surface area contributed by atoms with Gasteiger partial charge in [-0.3, -0.25) is 0 Å². The number of benzene rings is 2. The van der Waals surface area contributed by atoms with Gasteiger partial charge >= 0.3 is 0 Å². The van der Waals surface area contributed by atoms with E-state index in [-0.39, 0.29) is 5.82 Å².